The Bertz CT molecular complexity index is 436. The summed E-state index contributed by atoms with van der Waals surface area (Å²) in [5, 5.41) is 4.26. The van der Waals surface area contributed by atoms with Crippen molar-refractivity contribution >= 4 is 5.78 Å². The van der Waals surface area contributed by atoms with E-state index in [0.29, 0.717) is 37.4 Å². The molecule has 0 saturated heterocycles. The van der Waals surface area contributed by atoms with Crippen LogP contribution in [-0.2, 0) is 11.3 Å². The van der Waals surface area contributed by atoms with Crippen LogP contribution < -0.4 is 4.74 Å². The van der Waals surface area contributed by atoms with Gasteiger partial charge in [-0.15, -0.1) is 0 Å². The first-order valence-corrected chi connectivity index (χ1v) is 7.38. The van der Waals surface area contributed by atoms with Gasteiger partial charge < -0.3 is 9.47 Å². The molecule has 1 rings (SSSR count). The molecule has 5 heteroatoms. The zero-order valence-electron chi connectivity index (χ0n) is 13.2. The molecule has 20 heavy (non-hydrogen) atoms. The van der Waals surface area contributed by atoms with Crippen molar-refractivity contribution in [1.82, 2.24) is 9.78 Å². The number of hydrogen-bond donors (Lipinski definition) is 0. The fraction of sp³-hybridized carbons (Fsp3) is 0.733. The molecule has 0 bridgehead atoms. The molecule has 0 aliphatic rings. The van der Waals surface area contributed by atoms with E-state index in [-0.39, 0.29) is 5.78 Å². The van der Waals surface area contributed by atoms with E-state index in [4.69, 9.17) is 9.47 Å². The van der Waals surface area contributed by atoms with E-state index in [1.54, 1.807) is 18.0 Å². The van der Waals surface area contributed by atoms with Crippen LogP contribution in [0, 0.1) is 0 Å². The summed E-state index contributed by atoms with van der Waals surface area (Å²) in [4.78, 5) is 13.0. The molecule has 0 unspecified atom stereocenters. The number of hydrogen-bond acceptors (Lipinski definition) is 4. The molecule has 0 fully saturated rings. The highest BCUT2D eigenvalue weighted by Crippen LogP contribution is 2.30. The van der Waals surface area contributed by atoms with Gasteiger partial charge in [0.15, 0.2) is 5.75 Å². The summed E-state index contributed by atoms with van der Waals surface area (Å²) in [6, 6.07) is 0. The first-order chi connectivity index (χ1) is 9.60. The van der Waals surface area contributed by atoms with Crippen LogP contribution in [-0.4, -0.2) is 34.9 Å². The highest BCUT2D eigenvalue weighted by molar-refractivity contribution is 6.03. The summed E-state index contributed by atoms with van der Waals surface area (Å²) in [5.41, 5.74) is -0.264. The molecular formula is C15H26N2O3. The lowest BCUT2D eigenvalue weighted by atomic mass is 9.89. The molecule has 0 radical (unpaired) electrons. The van der Waals surface area contributed by atoms with Crippen molar-refractivity contribution < 1.29 is 14.3 Å². The van der Waals surface area contributed by atoms with Gasteiger partial charge in [0, 0.05) is 13.2 Å². The smallest absolute Gasteiger partial charge is 0.216 e. The minimum atomic E-state index is -0.784. The van der Waals surface area contributed by atoms with E-state index in [1.165, 1.54) is 0 Å². The van der Waals surface area contributed by atoms with Gasteiger partial charge in [-0.1, -0.05) is 20.8 Å². The molecule has 0 N–H and O–H groups in total. The van der Waals surface area contributed by atoms with Crippen LogP contribution in [0.15, 0.2) is 6.20 Å². The average molecular weight is 282 g/mol. The summed E-state index contributed by atoms with van der Waals surface area (Å²) in [6.45, 7) is 9.12. The Kier molecular flexibility index (Phi) is 6.20. The SMILES string of the molecule is CCCn1ncc(OC)c1C(=O)C(CC)(CC)OCC. The average Bonchev–Trinajstić information content (AvgIpc) is 2.87. The molecule has 0 amide bonds. The van der Waals surface area contributed by atoms with Crippen LogP contribution in [0.25, 0.3) is 0 Å². The number of methoxy groups -OCH3 is 1. The summed E-state index contributed by atoms with van der Waals surface area (Å²) in [5.74, 6) is 0.488. The summed E-state index contributed by atoms with van der Waals surface area (Å²) < 4.78 is 12.8. The van der Waals surface area contributed by atoms with Crippen LogP contribution in [0.3, 0.4) is 0 Å². The van der Waals surface area contributed by atoms with Gasteiger partial charge in [0.25, 0.3) is 0 Å². The molecule has 1 aromatic heterocycles. The van der Waals surface area contributed by atoms with Gasteiger partial charge in [0.05, 0.1) is 13.3 Å². The Morgan fingerprint density at radius 1 is 1.30 bits per heavy atom. The Morgan fingerprint density at radius 3 is 2.40 bits per heavy atom. The normalized spacial score (nSPS) is 11.7. The van der Waals surface area contributed by atoms with E-state index in [2.05, 4.69) is 12.0 Å². The molecule has 5 nitrogen and oxygen atoms in total. The third-order valence-electron chi connectivity index (χ3n) is 3.65. The van der Waals surface area contributed by atoms with Crippen molar-refractivity contribution in [1.29, 1.82) is 0 Å². The molecule has 1 heterocycles. The van der Waals surface area contributed by atoms with Crippen LogP contribution in [0.5, 0.6) is 5.75 Å². The van der Waals surface area contributed by atoms with Crippen molar-refractivity contribution in [2.24, 2.45) is 0 Å². The fourth-order valence-electron chi connectivity index (χ4n) is 2.46. The van der Waals surface area contributed by atoms with E-state index < -0.39 is 5.60 Å². The standard InChI is InChI=1S/C15H26N2O3/c1-6-10-17-13(12(19-5)11-16-17)14(18)15(7-2,8-3)20-9-4/h11H,6-10H2,1-5H3. The van der Waals surface area contributed by atoms with Crippen molar-refractivity contribution in [3.05, 3.63) is 11.9 Å². The topological polar surface area (TPSA) is 53.4 Å². The number of carbonyl (C=O) groups excluding carboxylic acids is 1. The zero-order chi connectivity index (χ0) is 15.2. The van der Waals surface area contributed by atoms with E-state index in [1.807, 2.05) is 20.8 Å². The lowest BCUT2D eigenvalue weighted by molar-refractivity contribution is -0.0259. The van der Waals surface area contributed by atoms with Gasteiger partial charge in [-0.3, -0.25) is 9.48 Å². The van der Waals surface area contributed by atoms with Crippen molar-refractivity contribution in [2.45, 2.75) is 59.1 Å². The lowest BCUT2D eigenvalue weighted by Gasteiger charge is -2.30. The second-order valence-electron chi connectivity index (χ2n) is 4.75. The summed E-state index contributed by atoms with van der Waals surface area (Å²) in [6.07, 6.45) is 3.78. The first kappa shape index (κ1) is 16.7. The van der Waals surface area contributed by atoms with Crippen LogP contribution in [0.4, 0.5) is 0 Å². The van der Waals surface area contributed by atoms with Gasteiger partial charge in [-0.05, 0) is 26.2 Å². The predicted octanol–water partition coefficient (Wildman–Crippen LogP) is 3.08. The summed E-state index contributed by atoms with van der Waals surface area (Å²) in [7, 11) is 1.56. The van der Waals surface area contributed by atoms with Crippen LogP contribution in [0.2, 0.25) is 0 Å². The Morgan fingerprint density at radius 2 is 1.95 bits per heavy atom. The van der Waals surface area contributed by atoms with E-state index in [9.17, 15) is 4.79 Å². The quantitative estimate of drug-likeness (QED) is 0.653. The van der Waals surface area contributed by atoms with Crippen LogP contribution >= 0.6 is 0 Å². The first-order valence-electron chi connectivity index (χ1n) is 7.38. The molecule has 0 aromatic carbocycles. The maximum Gasteiger partial charge on any atom is 0.216 e. The van der Waals surface area contributed by atoms with Gasteiger partial charge in [0.1, 0.15) is 11.3 Å². The second-order valence-corrected chi connectivity index (χ2v) is 4.75. The molecule has 114 valence electrons. The second kappa shape index (κ2) is 7.43. The van der Waals surface area contributed by atoms with Crippen LogP contribution in [0.1, 0.15) is 57.4 Å². The molecule has 0 spiro atoms. The third-order valence-corrected chi connectivity index (χ3v) is 3.65. The van der Waals surface area contributed by atoms with Crippen molar-refractivity contribution in [2.75, 3.05) is 13.7 Å². The number of Topliss-reactive ketones (excluding diaryl/α,β-unsaturated/α-hetero) is 1. The van der Waals surface area contributed by atoms with Gasteiger partial charge >= 0.3 is 0 Å². The Labute approximate surface area is 121 Å². The lowest BCUT2D eigenvalue weighted by Crippen LogP contribution is -2.42. The highest BCUT2D eigenvalue weighted by Gasteiger charge is 2.39. The van der Waals surface area contributed by atoms with E-state index in [0.717, 1.165) is 6.42 Å². The highest BCUT2D eigenvalue weighted by atomic mass is 16.5. The minimum absolute atomic E-state index is 0.0350. The molecular weight excluding hydrogens is 256 g/mol. The number of ether oxygens (including phenoxy) is 2. The number of nitrogens with zero attached hydrogens (tertiary/aromatic N) is 2. The van der Waals surface area contributed by atoms with Gasteiger partial charge in [-0.25, -0.2) is 0 Å². The summed E-state index contributed by atoms with van der Waals surface area (Å²) >= 11 is 0. The molecule has 0 aliphatic heterocycles. The monoisotopic (exact) mass is 282 g/mol. The Balaban J connectivity index is 3.26. The number of rotatable bonds is 9. The third kappa shape index (κ3) is 3.03. The largest absolute Gasteiger partial charge is 0.493 e. The Hall–Kier alpha value is -1.36. The molecule has 0 atom stereocenters. The number of ketones is 1. The molecule has 0 saturated carbocycles. The molecule has 0 aliphatic carbocycles. The van der Waals surface area contributed by atoms with Crippen molar-refractivity contribution in [3.63, 3.8) is 0 Å². The maximum absolute atomic E-state index is 13.0. The minimum Gasteiger partial charge on any atom is -0.493 e. The number of aromatic nitrogens is 2. The van der Waals surface area contributed by atoms with Gasteiger partial charge in [0.2, 0.25) is 5.78 Å². The number of aryl methyl sites for hydroxylation is 1. The fourth-order valence-corrected chi connectivity index (χ4v) is 2.46. The van der Waals surface area contributed by atoms with Crippen molar-refractivity contribution in [3.8, 4) is 5.75 Å². The van der Waals surface area contributed by atoms with E-state index >= 15 is 0 Å². The maximum atomic E-state index is 13.0. The number of carbonyl (C=O) groups is 1. The van der Waals surface area contributed by atoms with Gasteiger partial charge in [-0.2, -0.15) is 5.10 Å². The molecule has 1 aromatic rings. The zero-order valence-corrected chi connectivity index (χ0v) is 13.2. The predicted molar refractivity (Wildman–Crippen MR) is 78.3 cm³/mol.